The maximum atomic E-state index is 4.53. The normalized spacial score (nSPS) is 10.9. The summed E-state index contributed by atoms with van der Waals surface area (Å²) in [7, 11) is 0. The highest BCUT2D eigenvalue weighted by Gasteiger charge is 2.06. The Morgan fingerprint density at radius 2 is 2.21 bits per heavy atom. The van der Waals surface area contributed by atoms with Crippen LogP contribution in [0.15, 0.2) is 30.7 Å². The summed E-state index contributed by atoms with van der Waals surface area (Å²) in [4.78, 5) is 8.65. The van der Waals surface area contributed by atoms with Gasteiger partial charge in [-0.3, -0.25) is 4.98 Å². The molecule has 2 aromatic heterocycles. The second-order valence-corrected chi connectivity index (χ2v) is 5.29. The van der Waals surface area contributed by atoms with Gasteiger partial charge in [-0.15, -0.1) is 0 Å². The average Bonchev–Trinajstić information content (AvgIpc) is 2.70. The maximum absolute atomic E-state index is 4.53. The van der Waals surface area contributed by atoms with Gasteiger partial charge in [0, 0.05) is 31.7 Å². The van der Waals surface area contributed by atoms with Gasteiger partial charge in [0.05, 0.1) is 5.69 Å². The molecule has 0 radical (unpaired) electrons. The van der Waals surface area contributed by atoms with E-state index in [1.54, 1.807) is 6.20 Å². The molecule has 0 bridgehead atoms. The zero-order valence-corrected chi connectivity index (χ0v) is 11.9. The minimum atomic E-state index is 0.618. The fraction of sp³-hybridized carbons (Fsp3) is 0.467. The topological polar surface area (TPSA) is 42.7 Å². The van der Waals surface area contributed by atoms with Crippen molar-refractivity contribution in [3.05, 3.63) is 42.0 Å². The first-order valence-electron chi connectivity index (χ1n) is 6.81. The van der Waals surface area contributed by atoms with Gasteiger partial charge in [-0.1, -0.05) is 19.9 Å². The first-order chi connectivity index (χ1) is 9.15. The second kappa shape index (κ2) is 6.36. The Morgan fingerprint density at radius 1 is 1.37 bits per heavy atom. The Morgan fingerprint density at radius 3 is 2.89 bits per heavy atom. The highest BCUT2D eigenvalue weighted by atomic mass is 15.2. The number of pyridine rings is 1. The van der Waals surface area contributed by atoms with E-state index >= 15 is 0 Å². The Bertz CT molecular complexity index is 502. The molecule has 0 aromatic carbocycles. The Balaban J connectivity index is 1.92. The third-order valence-corrected chi connectivity index (χ3v) is 2.88. The number of hydrogen-bond acceptors (Lipinski definition) is 3. The molecule has 0 unspecified atom stereocenters. The van der Waals surface area contributed by atoms with E-state index < -0.39 is 0 Å². The molecule has 0 saturated carbocycles. The van der Waals surface area contributed by atoms with Crippen LogP contribution in [0.25, 0.3) is 0 Å². The second-order valence-electron chi connectivity index (χ2n) is 5.29. The number of imidazole rings is 1. The lowest BCUT2D eigenvalue weighted by Gasteiger charge is -2.11. The Labute approximate surface area is 114 Å². The molecular weight excluding hydrogens is 236 g/mol. The van der Waals surface area contributed by atoms with Gasteiger partial charge in [0.1, 0.15) is 0 Å². The lowest BCUT2D eigenvalue weighted by molar-refractivity contribution is 0.526. The number of aryl methyl sites for hydroxylation is 1. The van der Waals surface area contributed by atoms with Crippen molar-refractivity contribution in [1.82, 2.24) is 14.5 Å². The molecule has 0 spiro atoms. The Kier molecular flexibility index (Phi) is 4.55. The predicted molar refractivity (Wildman–Crippen MR) is 78.2 cm³/mol. The summed E-state index contributed by atoms with van der Waals surface area (Å²) < 4.78 is 2.20. The number of nitrogens with zero attached hydrogens (tertiary/aromatic N) is 3. The minimum Gasteiger partial charge on any atom is -0.355 e. The number of hydrogen-bond donors (Lipinski definition) is 1. The quantitative estimate of drug-likeness (QED) is 0.866. The molecule has 2 aromatic rings. The van der Waals surface area contributed by atoms with Crippen LogP contribution in [0.1, 0.15) is 25.1 Å². The van der Waals surface area contributed by atoms with Gasteiger partial charge >= 0.3 is 0 Å². The van der Waals surface area contributed by atoms with Crippen molar-refractivity contribution in [3.8, 4) is 0 Å². The van der Waals surface area contributed by atoms with Crippen molar-refractivity contribution < 1.29 is 0 Å². The number of rotatable bonds is 6. The van der Waals surface area contributed by atoms with Crippen LogP contribution in [0.2, 0.25) is 0 Å². The van der Waals surface area contributed by atoms with Crippen molar-refractivity contribution in [1.29, 1.82) is 0 Å². The van der Waals surface area contributed by atoms with Gasteiger partial charge in [0.15, 0.2) is 0 Å². The molecule has 0 fully saturated rings. The zero-order chi connectivity index (χ0) is 13.7. The first-order valence-corrected chi connectivity index (χ1v) is 6.81. The molecule has 0 saturated heterocycles. The van der Waals surface area contributed by atoms with Crippen LogP contribution in [-0.2, 0) is 13.0 Å². The largest absolute Gasteiger partial charge is 0.355 e. The fourth-order valence-electron chi connectivity index (χ4n) is 2.09. The third-order valence-electron chi connectivity index (χ3n) is 2.88. The molecule has 0 aliphatic heterocycles. The van der Waals surface area contributed by atoms with Crippen LogP contribution in [0.4, 0.5) is 5.95 Å². The van der Waals surface area contributed by atoms with Gasteiger partial charge in [-0.2, -0.15) is 0 Å². The molecule has 0 aliphatic carbocycles. The predicted octanol–water partition coefficient (Wildman–Crippen LogP) is 2.90. The van der Waals surface area contributed by atoms with E-state index in [-0.39, 0.29) is 0 Å². The maximum Gasteiger partial charge on any atom is 0.203 e. The van der Waals surface area contributed by atoms with E-state index in [2.05, 4.69) is 46.0 Å². The summed E-state index contributed by atoms with van der Waals surface area (Å²) >= 11 is 0. The molecular formula is C15H22N4. The van der Waals surface area contributed by atoms with E-state index in [1.165, 1.54) is 5.56 Å². The number of aromatic nitrogens is 3. The minimum absolute atomic E-state index is 0.618. The SMILES string of the molecule is Cc1cn(CC(C)C)c(NCCc2cccnc2)n1. The van der Waals surface area contributed by atoms with Crippen LogP contribution < -0.4 is 5.32 Å². The van der Waals surface area contributed by atoms with Gasteiger partial charge in [0.25, 0.3) is 0 Å². The summed E-state index contributed by atoms with van der Waals surface area (Å²) in [5.74, 6) is 1.59. The molecule has 19 heavy (non-hydrogen) atoms. The van der Waals surface area contributed by atoms with Gasteiger partial charge in [-0.05, 0) is 30.9 Å². The summed E-state index contributed by atoms with van der Waals surface area (Å²) in [6, 6.07) is 4.07. The molecule has 102 valence electrons. The van der Waals surface area contributed by atoms with Crippen molar-refractivity contribution in [3.63, 3.8) is 0 Å². The number of anilines is 1. The molecule has 4 heteroatoms. The molecule has 2 rings (SSSR count). The Hall–Kier alpha value is -1.84. The van der Waals surface area contributed by atoms with E-state index in [4.69, 9.17) is 0 Å². The third kappa shape index (κ3) is 4.09. The highest BCUT2D eigenvalue weighted by molar-refractivity contribution is 5.29. The van der Waals surface area contributed by atoms with E-state index in [0.717, 1.165) is 31.2 Å². The first kappa shape index (κ1) is 13.6. The zero-order valence-electron chi connectivity index (χ0n) is 11.9. The summed E-state index contributed by atoms with van der Waals surface area (Å²) in [5.41, 5.74) is 2.30. The standard InChI is InChI=1S/C15H22N4/c1-12(2)10-19-11-13(3)18-15(19)17-8-6-14-5-4-7-16-9-14/h4-5,7,9,11-12H,6,8,10H2,1-3H3,(H,17,18). The van der Waals surface area contributed by atoms with Crippen LogP contribution in [0.3, 0.4) is 0 Å². The van der Waals surface area contributed by atoms with Crippen LogP contribution >= 0.6 is 0 Å². The van der Waals surface area contributed by atoms with Crippen molar-refractivity contribution >= 4 is 5.95 Å². The molecule has 0 amide bonds. The van der Waals surface area contributed by atoms with E-state index in [1.807, 2.05) is 19.2 Å². The molecule has 1 N–H and O–H groups in total. The van der Waals surface area contributed by atoms with Crippen LogP contribution in [-0.4, -0.2) is 21.1 Å². The molecule has 0 atom stereocenters. The molecule has 4 nitrogen and oxygen atoms in total. The van der Waals surface area contributed by atoms with Crippen molar-refractivity contribution in [2.24, 2.45) is 5.92 Å². The van der Waals surface area contributed by atoms with Crippen molar-refractivity contribution in [2.75, 3.05) is 11.9 Å². The van der Waals surface area contributed by atoms with Gasteiger partial charge in [-0.25, -0.2) is 4.98 Å². The summed E-state index contributed by atoms with van der Waals surface area (Å²) in [6.45, 7) is 8.34. The lowest BCUT2D eigenvalue weighted by Crippen LogP contribution is -2.12. The van der Waals surface area contributed by atoms with E-state index in [0.29, 0.717) is 5.92 Å². The van der Waals surface area contributed by atoms with Crippen LogP contribution in [0, 0.1) is 12.8 Å². The average molecular weight is 258 g/mol. The monoisotopic (exact) mass is 258 g/mol. The lowest BCUT2D eigenvalue weighted by atomic mass is 10.2. The smallest absolute Gasteiger partial charge is 0.203 e. The van der Waals surface area contributed by atoms with Crippen LogP contribution in [0.5, 0.6) is 0 Å². The number of nitrogens with one attached hydrogen (secondary N) is 1. The fourth-order valence-corrected chi connectivity index (χ4v) is 2.09. The van der Waals surface area contributed by atoms with Gasteiger partial charge < -0.3 is 9.88 Å². The van der Waals surface area contributed by atoms with E-state index in [9.17, 15) is 0 Å². The van der Waals surface area contributed by atoms with Crippen molar-refractivity contribution in [2.45, 2.75) is 33.7 Å². The highest BCUT2D eigenvalue weighted by Crippen LogP contribution is 2.11. The molecule has 2 heterocycles. The van der Waals surface area contributed by atoms with Gasteiger partial charge in [0.2, 0.25) is 5.95 Å². The summed E-state index contributed by atoms with van der Waals surface area (Å²) in [6.07, 6.45) is 6.77. The summed E-state index contributed by atoms with van der Waals surface area (Å²) in [5, 5.41) is 3.41. The molecule has 0 aliphatic rings.